The van der Waals surface area contributed by atoms with Crippen LogP contribution in [0.25, 0.3) is 32.9 Å². The van der Waals surface area contributed by atoms with Gasteiger partial charge in [-0.2, -0.15) is 0 Å². The molecule has 0 spiro atoms. The van der Waals surface area contributed by atoms with Crippen molar-refractivity contribution >= 4 is 33.4 Å². The van der Waals surface area contributed by atoms with Gasteiger partial charge in [0.15, 0.2) is 5.43 Å². The topological polar surface area (TPSA) is 32.9 Å². The van der Waals surface area contributed by atoms with Crippen molar-refractivity contribution in [2.24, 2.45) is 0 Å². The van der Waals surface area contributed by atoms with Gasteiger partial charge in [0.2, 0.25) is 0 Å². The number of benzene rings is 3. The van der Waals surface area contributed by atoms with Crippen LogP contribution in [0.2, 0.25) is 5.02 Å². The Hall–Kier alpha value is -2.58. The van der Waals surface area contributed by atoms with Gasteiger partial charge >= 0.3 is 0 Å². The first-order valence-corrected chi connectivity index (χ1v) is 7.84. The molecule has 4 rings (SSSR count). The molecule has 0 amide bonds. The van der Waals surface area contributed by atoms with E-state index in [0.29, 0.717) is 15.8 Å². The first kappa shape index (κ1) is 14.0. The molecule has 4 aromatic rings. The third-order valence-electron chi connectivity index (χ3n) is 4.24. The molecule has 0 saturated heterocycles. The Morgan fingerprint density at radius 2 is 1.61 bits per heavy atom. The molecular weight excluding hydrogens is 306 g/mol. The molecule has 3 aromatic carbocycles. The fraction of sp³-hybridized carbons (Fsp3) is 0.0500. The van der Waals surface area contributed by atoms with Gasteiger partial charge in [-0.25, -0.2) is 0 Å². The normalized spacial score (nSPS) is 11.2. The van der Waals surface area contributed by atoms with E-state index in [9.17, 15) is 4.79 Å². The Bertz CT molecular complexity index is 1110. The Kier molecular flexibility index (Phi) is 3.21. The molecule has 0 aliphatic heterocycles. The van der Waals surface area contributed by atoms with E-state index >= 15 is 0 Å². The van der Waals surface area contributed by atoms with Crippen LogP contribution in [-0.2, 0) is 0 Å². The molecule has 0 bridgehead atoms. The number of halogens is 1. The molecule has 0 saturated carbocycles. The summed E-state index contributed by atoms with van der Waals surface area (Å²) in [4.78, 5) is 16.2. The van der Waals surface area contributed by atoms with Crippen molar-refractivity contribution in [2.45, 2.75) is 6.92 Å². The van der Waals surface area contributed by atoms with Crippen LogP contribution in [0.3, 0.4) is 0 Å². The number of aromatic nitrogens is 1. The first-order valence-electron chi connectivity index (χ1n) is 7.46. The zero-order valence-electron chi connectivity index (χ0n) is 12.6. The van der Waals surface area contributed by atoms with Gasteiger partial charge < -0.3 is 4.98 Å². The van der Waals surface area contributed by atoms with Gasteiger partial charge in [-0.05, 0) is 42.3 Å². The molecule has 0 unspecified atom stereocenters. The number of H-pyrrole nitrogens is 1. The zero-order chi connectivity index (χ0) is 16.0. The van der Waals surface area contributed by atoms with E-state index in [4.69, 9.17) is 11.6 Å². The highest BCUT2D eigenvalue weighted by Crippen LogP contribution is 2.35. The molecule has 1 N–H and O–H groups in total. The number of pyridine rings is 1. The van der Waals surface area contributed by atoms with E-state index in [1.165, 1.54) is 0 Å². The molecular formula is C20H14ClNO. The fourth-order valence-corrected chi connectivity index (χ4v) is 3.34. The molecule has 0 aliphatic carbocycles. The second-order valence-corrected chi connectivity index (χ2v) is 6.07. The smallest absolute Gasteiger partial charge is 0.197 e. The lowest BCUT2D eigenvalue weighted by Crippen LogP contribution is -2.05. The van der Waals surface area contributed by atoms with Crippen molar-refractivity contribution in [2.75, 3.05) is 0 Å². The highest BCUT2D eigenvalue weighted by atomic mass is 35.5. The minimum atomic E-state index is 0.0286. The quantitative estimate of drug-likeness (QED) is 0.474. The predicted molar refractivity (Wildman–Crippen MR) is 97.3 cm³/mol. The Morgan fingerprint density at radius 1 is 0.870 bits per heavy atom. The maximum atomic E-state index is 12.8. The summed E-state index contributed by atoms with van der Waals surface area (Å²) in [6.07, 6.45) is 0. The molecule has 0 aliphatic rings. The van der Waals surface area contributed by atoms with Gasteiger partial charge in [-0.1, -0.05) is 48.0 Å². The minimum absolute atomic E-state index is 0.0286. The fourth-order valence-electron chi connectivity index (χ4n) is 3.08. The SMILES string of the molecule is Cc1ccccc1-c1c(Cl)ccc2c(=O)c3ccccc3[nH]c12. The van der Waals surface area contributed by atoms with Crippen LogP contribution in [0.5, 0.6) is 0 Å². The van der Waals surface area contributed by atoms with Crippen molar-refractivity contribution in [1.29, 1.82) is 0 Å². The van der Waals surface area contributed by atoms with Crippen LogP contribution in [0.15, 0.2) is 65.5 Å². The van der Waals surface area contributed by atoms with E-state index in [-0.39, 0.29) is 5.43 Å². The molecule has 112 valence electrons. The van der Waals surface area contributed by atoms with E-state index in [2.05, 4.69) is 4.98 Å². The van der Waals surface area contributed by atoms with Crippen LogP contribution >= 0.6 is 11.6 Å². The lowest BCUT2D eigenvalue weighted by Gasteiger charge is -2.12. The van der Waals surface area contributed by atoms with Gasteiger partial charge in [0.25, 0.3) is 0 Å². The van der Waals surface area contributed by atoms with E-state index < -0.39 is 0 Å². The lowest BCUT2D eigenvalue weighted by atomic mass is 9.97. The van der Waals surface area contributed by atoms with Crippen LogP contribution in [0, 0.1) is 6.92 Å². The van der Waals surface area contributed by atoms with E-state index in [1.807, 2.05) is 55.5 Å². The van der Waals surface area contributed by atoms with Crippen LogP contribution in [0.1, 0.15) is 5.56 Å². The van der Waals surface area contributed by atoms with E-state index in [1.54, 1.807) is 12.1 Å². The minimum Gasteiger partial charge on any atom is -0.354 e. The molecule has 1 aromatic heterocycles. The zero-order valence-corrected chi connectivity index (χ0v) is 13.3. The first-order chi connectivity index (χ1) is 11.2. The molecule has 3 heteroatoms. The van der Waals surface area contributed by atoms with Gasteiger partial charge in [0, 0.05) is 21.9 Å². The Balaban J connectivity index is 2.22. The highest BCUT2D eigenvalue weighted by Gasteiger charge is 2.14. The number of para-hydroxylation sites is 1. The number of nitrogens with one attached hydrogen (secondary N) is 1. The standard InChI is InChI=1S/C20H14ClNO/c1-12-6-2-3-7-13(12)18-16(21)11-10-15-19(18)22-17-9-5-4-8-14(17)20(15)23/h2-11H,1H3,(H,22,23). The monoisotopic (exact) mass is 319 g/mol. The number of rotatable bonds is 1. The van der Waals surface area contributed by atoms with Crippen molar-refractivity contribution in [3.8, 4) is 11.1 Å². The lowest BCUT2D eigenvalue weighted by molar-refractivity contribution is 1.44. The summed E-state index contributed by atoms with van der Waals surface area (Å²) in [5.74, 6) is 0. The van der Waals surface area contributed by atoms with Crippen LogP contribution in [0.4, 0.5) is 0 Å². The van der Waals surface area contributed by atoms with E-state index in [0.717, 1.165) is 27.7 Å². The van der Waals surface area contributed by atoms with Crippen molar-refractivity contribution in [3.63, 3.8) is 0 Å². The second kappa shape index (κ2) is 5.25. The number of aryl methyl sites for hydroxylation is 1. The van der Waals surface area contributed by atoms with Crippen LogP contribution < -0.4 is 5.43 Å². The summed E-state index contributed by atoms with van der Waals surface area (Å²) < 4.78 is 0. The molecule has 0 radical (unpaired) electrons. The average molecular weight is 320 g/mol. The van der Waals surface area contributed by atoms with Crippen LogP contribution in [-0.4, -0.2) is 4.98 Å². The maximum Gasteiger partial charge on any atom is 0.197 e. The second-order valence-electron chi connectivity index (χ2n) is 5.66. The number of hydrogen-bond donors (Lipinski definition) is 1. The molecule has 2 nitrogen and oxygen atoms in total. The summed E-state index contributed by atoms with van der Waals surface area (Å²) in [5, 5.41) is 1.99. The Morgan fingerprint density at radius 3 is 2.43 bits per heavy atom. The van der Waals surface area contributed by atoms with Gasteiger partial charge in [0.05, 0.1) is 10.5 Å². The largest absolute Gasteiger partial charge is 0.354 e. The Labute approximate surface area is 138 Å². The predicted octanol–water partition coefficient (Wildman–Crippen LogP) is 5.31. The van der Waals surface area contributed by atoms with Gasteiger partial charge in [-0.3, -0.25) is 4.79 Å². The number of fused-ring (bicyclic) bond motifs is 2. The summed E-state index contributed by atoms with van der Waals surface area (Å²) in [6.45, 7) is 2.05. The average Bonchev–Trinajstić information content (AvgIpc) is 2.56. The molecule has 1 heterocycles. The third-order valence-corrected chi connectivity index (χ3v) is 4.56. The summed E-state index contributed by atoms with van der Waals surface area (Å²) in [5.41, 5.74) is 4.67. The molecule has 0 fully saturated rings. The van der Waals surface area contributed by atoms with Gasteiger partial charge in [-0.15, -0.1) is 0 Å². The summed E-state index contributed by atoms with van der Waals surface area (Å²) in [6, 6.07) is 19.2. The number of aromatic amines is 1. The summed E-state index contributed by atoms with van der Waals surface area (Å²) >= 11 is 6.49. The molecule has 23 heavy (non-hydrogen) atoms. The summed E-state index contributed by atoms with van der Waals surface area (Å²) in [7, 11) is 0. The molecule has 0 atom stereocenters. The maximum absolute atomic E-state index is 12.8. The number of hydrogen-bond acceptors (Lipinski definition) is 1. The van der Waals surface area contributed by atoms with Crippen molar-refractivity contribution < 1.29 is 0 Å². The highest BCUT2D eigenvalue weighted by molar-refractivity contribution is 6.35. The van der Waals surface area contributed by atoms with Crippen molar-refractivity contribution in [3.05, 3.63) is 81.5 Å². The van der Waals surface area contributed by atoms with Gasteiger partial charge in [0.1, 0.15) is 0 Å². The van der Waals surface area contributed by atoms with Crippen molar-refractivity contribution in [1.82, 2.24) is 4.98 Å². The third kappa shape index (κ3) is 2.14.